The van der Waals surface area contributed by atoms with Crippen LogP contribution in [-0.2, 0) is 6.54 Å². The Bertz CT molecular complexity index is 484. The lowest BCUT2D eigenvalue weighted by Crippen LogP contribution is -2.19. The molecule has 1 heteroatoms. The lowest BCUT2D eigenvalue weighted by Gasteiger charge is -2.19. The third kappa shape index (κ3) is 2.15. The van der Waals surface area contributed by atoms with Crippen molar-refractivity contribution in [2.45, 2.75) is 20.4 Å². The highest BCUT2D eigenvalue weighted by Gasteiger charge is 2.29. The second-order valence-electron chi connectivity index (χ2n) is 5.64. The van der Waals surface area contributed by atoms with Crippen LogP contribution in [-0.4, -0.2) is 18.0 Å². The molecule has 1 aromatic rings. The predicted molar refractivity (Wildman–Crippen MR) is 76.2 cm³/mol. The molecule has 1 fully saturated rings. The molecule has 3 rings (SSSR count). The van der Waals surface area contributed by atoms with Gasteiger partial charge in [0.25, 0.3) is 0 Å². The predicted octanol–water partition coefficient (Wildman–Crippen LogP) is 3.64. The molecule has 0 amide bonds. The summed E-state index contributed by atoms with van der Waals surface area (Å²) in [6.45, 7) is 8.03. The monoisotopic (exact) mass is 239 g/mol. The van der Waals surface area contributed by atoms with Crippen LogP contribution in [0.5, 0.6) is 0 Å². The summed E-state index contributed by atoms with van der Waals surface area (Å²) in [5.41, 5.74) is 4.69. The number of hydrogen-bond donors (Lipinski definition) is 0. The van der Waals surface area contributed by atoms with Gasteiger partial charge >= 0.3 is 0 Å². The van der Waals surface area contributed by atoms with Gasteiger partial charge in [0.15, 0.2) is 0 Å². The standard InChI is InChI=1S/C17H21N/c1-13-8-9-16-11-18(12-17(16)14(13)2)10-15-6-4-3-5-7-15/h3-9,13,16H,10-12H2,1-2H3/t13-,16-/m1/s1. The minimum Gasteiger partial charge on any atom is -0.294 e. The van der Waals surface area contributed by atoms with Crippen LogP contribution in [0.25, 0.3) is 0 Å². The fraction of sp³-hybridized carbons (Fsp3) is 0.412. The topological polar surface area (TPSA) is 3.24 Å². The lowest BCUT2D eigenvalue weighted by atomic mass is 9.85. The maximum Gasteiger partial charge on any atom is 0.0237 e. The largest absolute Gasteiger partial charge is 0.294 e. The second-order valence-corrected chi connectivity index (χ2v) is 5.64. The summed E-state index contributed by atoms with van der Waals surface area (Å²) in [5.74, 6) is 1.30. The first-order chi connectivity index (χ1) is 8.74. The zero-order valence-electron chi connectivity index (χ0n) is 11.3. The third-order valence-electron chi connectivity index (χ3n) is 4.37. The molecule has 18 heavy (non-hydrogen) atoms. The van der Waals surface area contributed by atoms with E-state index in [4.69, 9.17) is 0 Å². The molecule has 0 unspecified atom stereocenters. The van der Waals surface area contributed by atoms with Crippen molar-refractivity contribution in [1.82, 2.24) is 4.90 Å². The highest BCUT2D eigenvalue weighted by atomic mass is 15.1. The number of allylic oxidation sites excluding steroid dienone is 2. The van der Waals surface area contributed by atoms with Crippen molar-refractivity contribution < 1.29 is 0 Å². The van der Waals surface area contributed by atoms with Crippen molar-refractivity contribution in [2.75, 3.05) is 13.1 Å². The molecule has 0 aromatic heterocycles. The van der Waals surface area contributed by atoms with Gasteiger partial charge in [0, 0.05) is 25.6 Å². The molecule has 1 aliphatic carbocycles. The Hall–Kier alpha value is -1.34. The number of fused-ring (bicyclic) bond motifs is 1. The Morgan fingerprint density at radius 1 is 1.17 bits per heavy atom. The molecule has 1 saturated heterocycles. The molecule has 2 atom stereocenters. The SMILES string of the molecule is CC1=C2CN(Cc3ccccc3)C[C@H]2C=C[C@H]1C. The summed E-state index contributed by atoms with van der Waals surface area (Å²) in [7, 11) is 0. The van der Waals surface area contributed by atoms with E-state index in [1.165, 1.54) is 12.1 Å². The molecule has 1 heterocycles. The van der Waals surface area contributed by atoms with Gasteiger partial charge in [-0.25, -0.2) is 0 Å². The van der Waals surface area contributed by atoms with E-state index >= 15 is 0 Å². The molecule has 0 spiro atoms. The van der Waals surface area contributed by atoms with E-state index in [-0.39, 0.29) is 0 Å². The molecule has 1 aromatic carbocycles. The van der Waals surface area contributed by atoms with Crippen molar-refractivity contribution in [3.63, 3.8) is 0 Å². The van der Waals surface area contributed by atoms with Crippen LogP contribution in [0.1, 0.15) is 19.4 Å². The number of rotatable bonds is 2. The molecular formula is C17H21N. The van der Waals surface area contributed by atoms with Crippen molar-refractivity contribution in [3.05, 3.63) is 59.2 Å². The van der Waals surface area contributed by atoms with E-state index in [1.807, 2.05) is 0 Å². The summed E-state index contributed by atoms with van der Waals surface area (Å²) in [6, 6.07) is 10.8. The van der Waals surface area contributed by atoms with E-state index in [9.17, 15) is 0 Å². The van der Waals surface area contributed by atoms with Crippen LogP contribution in [0.15, 0.2) is 53.6 Å². The van der Waals surface area contributed by atoms with Crippen LogP contribution < -0.4 is 0 Å². The Kier molecular flexibility index (Phi) is 3.09. The smallest absolute Gasteiger partial charge is 0.0237 e. The van der Waals surface area contributed by atoms with E-state index in [0.29, 0.717) is 11.8 Å². The summed E-state index contributed by atoms with van der Waals surface area (Å²) >= 11 is 0. The third-order valence-corrected chi connectivity index (χ3v) is 4.37. The van der Waals surface area contributed by atoms with Gasteiger partial charge in [0.05, 0.1) is 0 Å². The first-order valence-corrected chi connectivity index (χ1v) is 6.88. The van der Waals surface area contributed by atoms with Gasteiger partial charge in [-0.05, 0) is 24.0 Å². The fourth-order valence-electron chi connectivity index (χ4n) is 3.10. The Labute approximate surface area is 110 Å². The van der Waals surface area contributed by atoms with E-state index in [0.717, 1.165) is 13.1 Å². The molecular weight excluding hydrogens is 218 g/mol. The Morgan fingerprint density at radius 2 is 1.94 bits per heavy atom. The molecule has 0 bridgehead atoms. The zero-order chi connectivity index (χ0) is 12.5. The summed E-state index contributed by atoms with van der Waals surface area (Å²) in [6.07, 6.45) is 4.79. The molecule has 2 aliphatic rings. The van der Waals surface area contributed by atoms with E-state index < -0.39 is 0 Å². The summed E-state index contributed by atoms with van der Waals surface area (Å²) in [4.78, 5) is 2.57. The number of benzene rings is 1. The van der Waals surface area contributed by atoms with Gasteiger partial charge in [-0.3, -0.25) is 4.90 Å². The van der Waals surface area contributed by atoms with Crippen LogP contribution in [0, 0.1) is 11.8 Å². The minimum atomic E-state index is 0.632. The molecule has 94 valence electrons. The van der Waals surface area contributed by atoms with Crippen molar-refractivity contribution in [3.8, 4) is 0 Å². The van der Waals surface area contributed by atoms with Gasteiger partial charge in [0.1, 0.15) is 0 Å². The molecule has 0 N–H and O–H groups in total. The van der Waals surface area contributed by atoms with Crippen LogP contribution in [0.4, 0.5) is 0 Å². The van der Waals surface area contributed by atoms with Gasteiger partial charge in [0.2, 0.25) is 0 Å². The van der Waals surface area contributed by atoms with Crippen molar-refractivity contribution in [2.24, 2.45) is 11.8 Å². The molecule has 1 nitrogen and oxygen atoms in total. The molecule has 1 aliphatic heterocycles. The minimum absolute atomic E-state index is 0.632. The molecule has 0 saturated carbocycles. The maximum absolute atomic E-state index is 2.57. The Balaban J connectivity index is 1.74. The molecule has 0 radical (unpaired) electrons. The van der Waals surface area contributed by atoms with Gasteiger partial charge in [-0.2, -0.15) is 0 Å². The normalized spacial score (nSPS) is 27.7. The highest BCUT2D eigenvalue weighted by Crippen LogP contribution is 2.34. The van der Waals surface area contributed by atoms with Crippen molar-refractivity contribution >= 4 is 0 Å². The summed E-state index contributed by atoms with van der Waals surface area (Å²) in [5, 5.41) is 0. The fourth-order valence-corrected chi connectivity index (χ4v) is 3.10. The zero-order valence-corrected chi connectivity index (χ0v) is 11.3. The average Bonchev–Trinajstić information content (AvgIpc) is 2.79. The van der Waals surface area contributed by atoms with Gasteiger partial charge < -0.3 is 0 Å². The quantitative estimate of drug-likeness (QED) is 0.712. The number of likely N-dealkylation sites (tertiary alicyclic amines) is 1. The van der Waals surface area contributed by atoms with E-state index in [1.54, 1.807) is 11.1 Å². The number of nitrogens with zero attached hydrogens (tertiary/aromatic N) is 1. The first-order valence-electron chi connectivity index (χ1n) is 6.88. The first kappa shape index (κ1) is 11.7. The van der Waals surface area contributed by atoms with Crippen LogP contribution >= 0.6 is 0 Å². The lowest BCUT2D eigenvalue weighted by molar-refractivity contribution is 0.327. The van der Waals surface area contributed by atoms with Gasteiger partial charge in [-0.1, -0.05) is 55.0 Å². The maximum atomic E-state index is 2.57. The highest BCUT2D eigenvalue weighted by molar-refractivity contribution is 5.33. The summed E-state index contributed by atoms with van der Waals surface area (Å²) < 4.78 is 0. The van der Waals surface area contributed by atoms with Gasteiger partial charge in [-0.15, -0.1) is 0 Å². The second kappa shape index (κ2) is 4.74. The number of hydrogen-bond acceptors (Lipinski definition) is 1. The van der Waals surface area contributed by atoms with Crippen LogP contribution in [0.2, 0.25) is 0 Å². The Morgan fingerprint density at radius 3 is 2.72 bits per heavy atom. The van der Waals surface area contributed by atoms with Crippen molar-refractivity contribution in [1.29, 1.82) is 0 Å². The van der Waals surface area contributed by atoms with E-state index in [2.05, 4.69) is 61.2 Å². The van der Waals surface area contributed by atoms with Crippen LogP contribution in [0.3, 0.4) is 0 Å². The average molecular weight is 239 g/mol.